The zero-order valence-corrected chi connectivity index (χ0v) is 11.7. The molecule has 0 radical (unpaired) electrons. The normalized spacial score (nSPS) is 11.2. The third kappa shape index (κ3) is 1.88. The zero-order valence-electron chi connectivity index (χ0n) is 10.9. The summed E-state index contributed by atoms with van der Waals surface area (Å²) in [5.41, 5.74) is 8.66. The van der Waals surface area contributed by atoms with Gasteiger partial charge in [0.1, 0.15) is 11.6 Å². The number of nitrogens with two attached hydrogens (primary N) is 1. The Labute approximate surface area is 120 Å². The Morgan fingerprint density at radius 3 is 2.70 bits per heavy atom. The SMILES string of the molecule is Cn1c(-c2c(F)cccc2Cl)nc2c(CN)cccc21. The number of rotatable bonds is 2. The molecule has 0 saturated heterocycles. The molecule has 3 rings (SSSR count). The van der Waals surface area contributed by atoms with Crippen molar-refractivity contribution in [3.05, 3.63) is 52.8 Å². The quantitative estimate of drug-likeness (QED) is 0.785. The van der Waals surface area contributed by atoms with Gasteiger partial charge < -0.3 is 10.3 Å². The molecule has 5 heteroatoms. The molecule has 0 atom stereocenters. The van der Waals surface area contributed by atoms with Crippen molar-refractivity contribution in [2.75, 3.05) is 0 Å². The second-order valence-electron chi connectivity index (χ2n) is 4.58. The molecule has 1 aromatic heterocycles. The molecule has 0 aliphatic rings. The van der Waals surface area contributed by atoms with E-state index in [1.54, 1.807) is 12.1 Å². The highest BCUT2D eigenvalue weighted by molar-refractivity contribution is 6.33. The van der Waals surface area contributed by atoms with Crippen molar-refractivity contribution in [1.82, 2.24) is 9.55 Å². The van der Waals surface area contributed by atoms with E-state index in [9.17, 15) is 4.39 Å². The fraction of sp³-hybridized carbons (Fsp3) is 0.133. The molecule has 0 aliphatic heterocycles. The second kappa shape index (κ2) is 4.89. The van der Waals surface area contributed by atoms with E-state index in [-0.39, 0.29) is 5.82 Å². The Morgan fingerprint density at radius 1 is 1.25 bits per heavy atom. The molecule has 0 bridgehead atoms. The summed E-state index contributed by atoms with van der Waals surface area (Å²) in [7, 11) is 1.84. The van der Waals surface area contributed by atoms with Crippen LogP contribution in [0.5, 0.6) is 0 Å². The van der Waals surface area contributed by atoms with E-state index in [4.69, 9.17) is 17.3 Å². The van der Waals surface area contributed by atoms with Crippen LogP contribution in [0, 0.1) is 5.82 Å². The van der Waals surface area contributed by atoms with Crippen LogP contribution < -0.4 is 5.73 Å². The van der Waals surface area contributed by atoms with Gasteiger partial charge in [-0.2, -0.15) is 0 Å². The Kier molecular flexibility index (Phi) is 3.20. The van der Waals surface area contributed by atoms with Crippen molar-refractivity contribution in [2.24, 2.45) is 12.8 Å². The van der Waals surface area contributed by atoms with Crippen molar-refractivity contribution in [1.29, 1.82) is 0 Å². The molecule has 20 heavy (non-hydrogen) atoms. The minimum absolute atomic E-state index is 0.316. The van der Waals surface area contributed by atoms with Gasteiger partial charge in [-0.3, -0.25) is 0 Å². The van der Waals surface area contributed by atoms with Gasteiger partial charge in [0, 0.05) is 13.6 Å². The monoisotopic (exact) mass is 289 g/mol. The van der Waals surface area contributed by atoms with Gasteiger partial charge in [0.25, 0.3) is 0 Å². The van der Waals surface area contributed by atoms with Crippen LogP contribution >= 0.6 is 11.6 Å². The first-order chi connectivity index (χ1) is 9.63. The van der Waals surface area contributed by atoms with Gasteiger partial charge >= 0.3 is 0 Å². The third-order valence-electron chi connectivity index (χ3n) is 3.40. The first-order valence-corrected chi connectivity index (χ1v) is 6.60. The predicted octanol–water partition coefficient (Wildman–Crippen LogP) is 3.49. The number of aryl methyl sites for hydroxylation is 1. The van der Waals surface area contributed by atoms with E-state index < -0.39 is 0 Å². The van der Waals surface area contributed by atoms with E-state index in [1.165, 1.54) is 6.07 Å². The molecule has 3 nitrogen and oxygen atoms in total. The van der Waals surface area contributed by atoms with Crippen LogP contribution in [0.25, 0.3) is 22.4 Å². The first-order valence-electron chi connectivity index (χ1n) is 6.22. The molecule has 0 unspecified atom stereocenters. The standard InChI is InChI=1S/C15H13ClFN3/c1-20-12-7-2-4-9(8-18)14(12)19-15(20)13-10(16)5-3-6-11(13)17/h2-7H,8,18H2,1H3. The minimum Gasteiger partial charge on any atom is -0.327 e. The van der Waals surface area contributed by atoms with E-state index in [0.29, 0.717) is 23.0 Å². The van der Waals surface area contributed by atoms with Crippen molar-refractivity contribution in [3.63, 3.8) is 0 Å². The minimum atomic E-state index is -0.384. The van der Waals surface area contributed by atoms with Gasteiger partial charge in [-0.1, -0.05) is 29.8 Å². The lowest BCUT2D eigenvalue weighted by atomic mass is 10.2. The average Bonchev–Trinajstić information content (AvgIpc) is 2.76. The van der Waals surface area contributed by atoms with Crippen LogP contribution in [-0.2, 0) is 13.6 Å². The molecule has 2 aromatic carbocycles. The third-order valence-corrected chi connectivity index (χ3v) is 3.72. The maximum Gasteiger partial charge on any atom is 0.145 e. The molecule has 0 aliphatic carbocycles. The lowest BCUT2D eigenvalue weighted by molar-refractivity contribution is 0.629. The molecule has 0 amide bonds. The average molecular weight is 290 g/mol. The highest BCUT2D eigenvalue weighted by Crippen LogP contribution is 2.32. The molecule has 3 aromatic rings. The van der Waals surface area contributed by atoms with Gasteiger partial charge in [0.15, 0.2) is 0 Å². The fourth-order valence-corrected chi connectivity index (χ4v) is 2.62. The van der Waals surface area contributed by atoms with Crippen molar-refractivity contribution in [2.45, 2.75) is 6.54 Å². The molecule has 0 spiro atoms. The Bertz CT molecular complexity index is 775. The van der Waals surface area contributed by atoms with Crippen LogP contribution in [0.15, 0.2) is 36.4 Å². The molecule has 0 saturated carbocycles. The van der Waals surface area contributed by atoms with Crippen molar-refractivity contribution in [3.8, 4) is 11.4 Å². The highest BCUT2D eigenvalue weighted by atomic mass is 35.5. The lowest BCUT2D eigenvalue weighted by Gasteiger charge is -2.05. The highest BCUT2D eigenvalue weighted by Gasteiger charge is 2.17. The summed E-state index contributed by atoms with van der Waals surface area (Å²) in [6.07, 6.45) is 0. The van der Waals surface area contributed by atoms with Crippen LogP contribution in [-0.4, -0.2) is 9.55 Å². The van der Waals surface area contributed by atoms with Crippen LogP contribution in [0.3, 0.4) is 0 Å². The van der Waals surface area contributed by atoms with Crippen LogP contribution in [0.2, 0.25) is 5.02 Å². The largest absolute Gasteiger partial charge is 0.327 e. The van der Waals surface area contributed by atoms with Gasteiger partial charge in [-0.15, -0.1) is 0 Å². The van der Waals surface area contributed by atoms with Gasteiger partial charge in [-0.05, 0) is 23.8 Å². The van der Waals surface area contributed by atoms with Crippen molar-refractivity contribution >= 4 is 22.6 Å². The number of imidazole rings is 1. The smallest absolute Gasteiger partial charge is 0.145 e. The summed E-state index contributed by atoms with van der Waals surface area (Å²) in [4.78, 5) is 4.53. The Hall–Kier alpha value is -1.91. The number of para-hydroxylation sites is 1. The summed E-state index contributed by atoms with van der Waals surface area (Å²) in [5.74, 6) is 0.120. The number of hydrogen-bond donors (Lipinski definition) is 1. The number of nitrogens with zero attached hydrogens (tertiary/aromatic N) is 2. The molecule has 0 fully saturated rings. The topological polar surface area (TPSA) is 43.8 Å². The Balaban J connectivity index is 2.36. The summed E-state index contributed by atoms with van der Waals surface area (Å²) < 4.78 is 15.9. The van der Waals surface area contributed by atoms with E-state index in [1.807, 2.05) is 29.8 Å². The summed E-state index contributed by atoms with van der Waals surface area (Å²) in [5, 5.41) is 0.345. The molecular weight excluding hydrogens is 277 g/mol. The number of benzene rings is 2. The van der Waals surface area contributed by atoms with E-state index >= 15 is 0 Å². The fourth-order valence-electron chi connectivity index (χ4n) is 2.37. The summed E-state index contributed by atoms with van der Waals surface area (Å²) in [6.45, 7) is 0.388. The van der Waals surface area contributed by atoms with E-state index in [2.05, 4.69) is 4.98 Å². The van der Waals surface area contributed by atoms with Gasteiger partial charge in [0.2, 0.25) is 0 Å². The van der Waals surface area contributed by atoms with Crippen LogP contribution in [0.1, 0.15) is 5.56 Å². The molecule has 2 N–H and O–H groups in total. The number of hydrogen-bond acceptors (Lipinski definition) is 2. The van der Waals surface area contributed by atoms with E-state index in [0.717, 1.165) is 16.6 Å². The maximum absolute atomic E-state index is 14.1. The second-order valence-corrected chi connectivity index (χ2v) is 4.99. The van der Waals surface area contributed by atoms with Crippen molar-refractivity contribution < 1.29 is 4.39 Å². The molecule has 102 valence electrons. The lowest BCUT2D eigenvalue weighted by Crippen LogP contribution is -1.97. The van der Waals surface area contributed by atoms with Crippen LogP contribution in [0.4, 0.5) is 4.39 Å². The number of aromatic nitrogens is 2. The van der Waals surface area contributed by atoms with Gasteiger partial charge in [-0.25, -0.2) is 9.37 Å². The Morgan fingerprint density at radius 2 is 2.00 bits per heavy atom. The molecule has 1 heterocycles. The number of fused-ring (bicyclic) bond motifs is 1. The summed E-state index contributed by atoms with van der Waals surface area (Å²) in [6, 6.07) is 10.4. The zero-order chi connectivity index (χ0) is 14.3. The predicted molar refractivity (Wildman–Crippen MR) is 79.0 cm³/mol. The summed E-state index contributed by atoms with van der Waals surface area (Å²) >= 11 is 6.12. The number of halogens is 2. The maximum atomic E-state index is 14.1. The molecular formula is C15H13ClFN3. The van der Waals surface area contributed by atoms with Gasteiger partial charge in [0.05, 0.1) is 21.6 Å². The first kappa shape index (κ1) is 13.1.